The number of rotatable bonds is 7. The zero-order chi connectivity index (χ0) is 20.6. The van der Waals surface area contributed by atoms with Crippen molar-refractivity contribution in [2.45, 2.75) is 32.4 Å². The van der Waals surface area contributed by atoms with Crippen molar-refractivity contribution in [1.82, 2.24) is 10.2 Å². The number of para-hydroxylation sites is 1. The van der Waals surface area contributed by atoms with E-state index in [1.165, 1.54) is 0 Å². The molecule has 2 aromatic rings. The first-order valence-corrected chi connectivity index (χ1v) is 10.1. The molecule has 29 heavy (non-hydrogen) atoms. The van der Waals surface area contributed by atoms with Crippen LogP contribution < -0.4 is 15.4 Å². The number of carbonyl (C=O) groups is 2. The third-order valence-electron chi connectivity index (χ3n) is 5.49. The average Bonchev–Trinajstić information content (AvgIpc) is 2.78. The number of benzene rings is 2. The lowest BCUT2D eigenvalue weighted by atomic mass is 9.94. The van der Waals surface area contributed by atoms with E-state index in [4.69, 9.17) is 4.74 Å². The Bertz CT molecular complexity index is 800. The zero-order valence-corrected chi connectivity index (χ0v) is 17.1. The number of carbonyl (C=O) groups excluding carboxylic acids is 2. The second-order valence-corrected chi connectivity index (χ2v) is 7.41. The Hall–Kier alpha value is -2.86. The standard InChI is InChI=1S/C23H29N3O3/c1-17(22(27)24-16-18-8-10-21(29-2)11-9-18)26-14-12-19(13-15-26)23(28)25-20-6-4-3-5-7-20/h3-11,17,19H,12-16H2,1-2H3,(H,24,27)(H,25,28)/t17-/m0/s1. The lowest BCUT2D eigenvalue weighted by Gasteiger charge is -2.34. The second-order valence-electron chi connectivity index (χ2n) is 7.41. The number of hydrogen-bond donors (Lipinski definition) is 2. The molecule has 2 amide bonds. The highest BCUT2D eigenvalue weighted by molar-refractivity contribution is 5.92. The predicted molar refractivity (Wildman–Crippen MR) is 114 cm³/mol. The summed E-state index contributed by atoms with van der Waals surface area (Å²) in [6.07, 6.45) is 1.52. The van der Waals surface area contributed by atoms with Crippen molar-refractivity contribution in [1.29, 1.82) is 0 Å². The van der Waals surface area contributed by atoms with Gasteiger partial charge in [0.15, 0.2) is 0 Å². The molecule has 0 unspecified atom stereocenters. The van der Waals surface area contributed by atoms with E-state index in [2.05, 4.69) is 15.5 Å². The third kappa shape index (κ3) is 5.81. The van der Waals surface area contributed by atoms with Crippen molar-refractivity contribution < 1.29 is 14.3 Å². The van der Waals surface area contributed by atoms with Crippen molar-refractivity contribution in [2.24, 2.45) is 5.92 Å². The van der Waals surface area contributed by atoms with Gasteiger partial charge in [0.1, 0.15) is 5.75 Å². The number of amides is 2. The largest absolute Gasteiger partial charge is 0.497 e. The summed E-state index contributed by atoms with van der Waals surface area (Å²) in [5, 5.41) is 5.98. The maximum atomic E-state index is 12.5. The second kappa shape index (κ2) is 10.1. The molecule has 0 aliphatic carbocycles. The lowest BCUT2D eigenvalue weighted by molar-refractivity contribution is -0.127. The van der Waals surface area contributed by atoms with E-state index in [0.29, 0.717) is 6.54 Å². The molecule has 1 aliphatic rings. The summed E-state index contributed by atoms with van der Waals surface area (Å²) in [4.78, 5) is 27.2. The molecule has 1 heterocycles. The fourth-order valence-electron chi connectivity index (χ4n) is 3.56. The van der Waals surface area contributed by atoms with Crippen molar-refractivity contribution in [2.75, 3.05) is 25.5 Å². The van der Waals surface area contributed by atoms with Crippen LogP contribution in [-0.2, 0) is 16.1 Å². The summed E-state index contributed by atoms with van der Waals surface area (Å²) in [5.41, 5.74) is 1.86. The fraction of sp³-hybridized carbons (Fsp3) is 0.391. The number of methoxy groups -OCH3 is 1. The van der Waals surface area contributed by atoms with Crippen LogP contribution in [0.2, 0.25) is 0 Å². The molecular formula is C23H29N3O3. The molecule has 1 saturated heterocycles. The van der Waals surface area contributed by atoms with Crippen molar-refractivity contribution in [3.63, 3.8) is 0 Å². The molecule has 1 aliphatic heterocycles. The Kier molecular flexibility index (Phi) is 7.25. The smallest absolute Gasteiger partial charge is 0.237 e. The van der Waals surface area contributed by atoms with Crippen molar-refractivity contribution >= 4 is 17.5 Å². The van der Waals surface area contributed by atoms with Crippen LogP contribution in [0.4, 0.5) is 5.69 Å². The number of nitrogens with one attached hydrogen (secondary N) is 2. The van der Waals surface area contributed by atoms with Crippen LogP contribution in [0.5, 0.6) is 5.75 Å². The van der Waals surface area contributed by atoms with Gasteiger partial charge >= 0.3 is 0 Å². The molecule has 6 heteroatoms. The summed E-state index contributed by atoms with van der Waals surface area (Å²) in [7, 11) is 1.63. The molecule has 0 spiro atoms. The number of likely N-dealkylation sites (tertiary alicyclic amines) is 1. The minimum absolute atomic E-state index is 0.00741. The highest BCUT2D eigenvalue weighted by Crippen LogP contribution is 2.21. The SMILES string of the molecule is COc1ccc(CNC(=O)[C@H](C)N2CCC(C(=O)Nc3ccccc3)CC2)cc1. The summed E-state index contributed by atoms with van der Waals surface area (Å²) >= 11 is 0. The van der Waals surface area contributed by atoms with Crippen LogP contribution in [-0.4, -0.2) is 43.0 Å². The van der Waals surface area contributed by atoms with E-state index in [1.54, 1.807) is 7.11 Å². The Labute approximate surface area is 172 Å². The Morgan fingerprint density at radius 1 is 1.07 bits per heavy atom. The molecule has 154 valence electrons. The molecule has 0 radical (unpaired) electrons. The van der Waals surface area contributed by atoms with Gasteiger partial charge in [0.05, 0.1) is 13.2 Å². The Morgan fingerprint density at radius 3 is 2.34 bits per heavy atom. The average molecular weight is 396 g/mol. The first kappa shape index (κ1) is 20.9. The van der Waals surface area contributed by atoms with Crippen LogP contribution in [0.1, 0.15) is 25.3 Å². The van der Waals surface area contributed by atoms with E-state index < -0.39 is 0 Å². The van der Waals surface area contributed by atoms with E-state index in [9.17, 15) is 9.59 Å². The first-order valence-electron chi connectivity index (χ1n) is 10.1. The molecule has 6 nitrogen and oxygen atoms in total. The van der Waals surface area contributed by atoms with Crippen LogP contribution in [0, 0.1) is 5.92 Å². The fourth-order valence-corrected chi connectivity index (χ4v) is 3.56. The molecule has 2 aromatic carbocycles. The third-order valence-corrected chi connectivity index (χ3v) is 5.49. The van der Waals surface area contributed by atoms with Crippen molar-refractivity contribution in [3.8, 4) is 5.75 Å². The van der Waals surface area contributed by atoms with Gasteiger partial charge in [-0.05, 0) is 62.7 Å². The maximum Gasteiger partial charge on any atom is 0.237 e. The molecular weight excluding hydrogens is 366 g/mol. The van der Waals surface area contributed by atoms with Crippen LogP contribution in [0.15, 0.2) is 54.6 Å². The van der Waals surface area contributed by atoms with Crippen LogP contribution in [0.3, 0.4) is 0 Å². The van der Waals surface area contributed by atoms with Gasteiger partial charge in [0, 0.05) is 18.2 Å². The van der Waals surface area contributed by atoms with E-state index in [0.717, 1.165) is 42.9 Å². The molecule has 2 N–H and O–H groups in total. The zero-order valence-electron chi connectivity index (χ0n) is 17.1. The van der Waals surface area contributed by atoms with Crippen LogP contribution >= 0.6 is 0 Å². The minimum Gasteiger partial charge on any atom is -0.497 e. The van der Waals surface area contributed by atoms with Crippen LogP contribution in [0.25, 0.3) is 0 Å². The minimum atomic E-state index is -0.216. The quantitative estimate of drug-likeness (QED) is 0.756. The predicted octanol–water partition coefficient (Wildman–Crippen LogP) is 3.05. The van der Waals surface area contributed by atoms with E-state index in [1.807, 2.05) is 61.5 Å². The van der Waals surface area contributed by atoms with E-state index in [-0.39, 0.29) is 23.8 Å². The number of anilines is 1. The number of hydrogen-bond acceptors (Lipinski definition) is 4. The lowest BCUT2D eigenvalue weighted by Crippen LogP contribution is -2.49. The first-order chi connectivity index (χ1) is 14.1. The van der Waals surface area contributed by atoms with Gasteiger partial charge in [0.25, 0.3) is 0 Å². The Balaban J connectivity index is 1.43. The van der Waals surface area contributed by atoms with Gasteiger partial charge in [-0.3, -0.25) is 14.5 Å². The highest BCUT2D eigenvalue weighted by Gasteiger charge is 2.29. The van der Waals surface area contributed by atoms with E-state index >= 15 is 0 Å². The molecule has 3 rings (SSSR count). The summed E-state index contributed by atoms with van der Waals surface area (Å²) in [5.74, 6) is 0.856. The number of piperidine rings is 1. The number of nitrogens with zero attached hydrogens (tertiary/aromatic N) is 1. The van der Waals surface area contributed by atoms with Gasteiger partial charge in [-0.25, -0.2) is 0 Å². The highest BCUT2D eigenvalue weighted by atomic mass is 16.5. The Morgan fingerprint density at radius 2 is 1.72 bits per heavy atom. The summed E-state index contributed by atoms with van der Waals surface area (Å²) in [6.45, 7) is 3.89. The molecule has 1 fully saturated rings. The topological polar surface area (TPSA) is 70.7 Å². The molecule has 0 aromatic heterocycles. The van der Waals surface area contributed by atoms with Gasteiger partial charge in [-0.1, -0.05) is 30.3 Å². The van der Waals surface area contributed by atoms with Gasteiger partial charge in [-0.15, -0.1) is 0 Å². The normalized spacial score (nSPS) is 16.1. The maximum absolute atomic E-state index is 12.5. The van der Waals surface area contributed by atoms with Gasteiger partial charge in [-0.2, -0.15) is 0 Å². The van der Waals surface area contributed by atoms with Gasteiger partial charge in [0.2, 0.25) is 11.8 Å². The molecule has 0 saturated carbocycles. The molecule has 1 atom stereocenters. The van der Waals surface area contributed by atoms with Crippen molar-refractivity contribution in [3.05, 3.63) is 60.2 Å². The monoisotopic (exact) mass is 395 g/mol. The summed E-state index contributed by atoms with van der Waals surface area (Å²) < 4.78 is 5.15. The molecule has 0 bridgehead atoms. The summed E-state index contributed by atoms with van der Waals surface area (Å²) in [6, 6.07) is 17.0. The number of ether oxygens (including phenoxy) is 1. The van der Waals surface area contributed by atoms with Gasteiger partial charge < -0.3 is 15.4 Å².